The number of anilines is 1. The lowest BCUT2D eigenvalue weighted by molar-refractivity contribution is 0.102. The Bertz CT molecular complexity index is 1070. The summed E-state index contributed by atoms with van der Waals surface area (Å²) in [6.07, 6.45) is 3.30. The van der Waals surface area contributed by atoms with E-state index >= 15 is 0 Å². The molecular weight excluding hydrogens is 364 g/mol. The molecule has 4 aromatic rings. The molecule has 0 unspecified atom stereocenters. The maximum Gasteiger partial charge on any atom is 0.257 e. The lowest BCUT2D eigenvalue weighted by atomic mass is 10.2. The molecular formula is C20H15ClN4O2. The lowest BCUT2D eigenvalue weighted by Gasteiger charge is -2.06. The second-order valence-corrected chi connectivity index (χ2v) is 6.38. The van der Waals surface area contributed by atoms with Gasteiger partial charge in [0, 0.05) is 16.8 Å². The fourth-order valence-corrected chi connectivity index (χ4v) is 2.75. The summed E-state index contributed by atoms with van der Waals surface area (Å²) < 4.78 is 5.67. The number of aromatic amines is 1. The molecule has 0 saturated heterocycles. The van der Waals surface area contributed by atoms with E-state index in [1.54, 1.807) is 48.8 Å². The van der Waals surface area contributed by atoms with Gasteiger partial charge in [-0.05, 0) is 61.0 Å². The van der Waals surface area contributed by atoms with E-state index in [9.17, 15) is 4.79 Å². The molecule has 0 aliphatic heterocycles. The van der Waals surface area contributed by atoms with Crippen molar-refractivity contribution in [2.45, 2.75) is 6.92 Å². The van der Waals surface area contributed by atoms with Crippen LogP contribution in [0.1, 0.15) is 15.9 Å². The Hall–Kier alpha value is -3.38. The minimum Gasteiger partial charge on any atom is -0.456 e. The molecule has 4 rings (SSSR count). The first kappa shape index (κ1) is 17.1. The average Bonchev–Trinajstić information content (AvgIpc) is 3.04. The molecule has 2 heterocycles. The molecule has 2 N–H and O–H groups in total. The number of benzene rings is 2. The Morgan fingerprint density at radius 2 is 1.96 bits per heavy atom. The number of nitrogens with one attached hydrogen (secondary N) is 2. The van der Waals surface area contributed by atoms with Crippen molar-refractivity contribution in [1.29, 1.82) is 0 Å². The fraction of sp³-hybridized carbons (Fsp3) is 0.0500. The summed E-state index contributed by atoms with van der Waals surface area (Å²) in [5.41, 5.74) is 2.94. The second kappa shape index (κ2) is 7.09. The number of hydrogen-bond acceptors (Lipinski definition) is 4. The average molecular weight is 379 g/mol. The van der Waals surface area contributed by atoms with E-state index in [1.165, 1.54) is 0 Å². The first-order chi connectivity index (χ1) is 13.1. The van der Waals surface area contributed by atoms with Crippen LogP contribution < -0.4 is 10.1 Å². The number of ether oxygens (including phenoxy) is 1. The first-order valence-electron chi connectivity index (χ1n) is 8.24. The number of amides is 1. The van der Waals surface area contributed by atoms with Crippen LogP contribution in [0.15, 0.2) is 60.9 Å². The van der Waals surface area contributed by atoms with Crippen LogP contribution in [-0.2, 0) is 0 Å². The van der Waals surface area contributed by atoms with Gasteiger partial charge in [0.15, 0.2) is 0 Å². The minimum atomic E-state index is -0.273. The van der Waals surface area contributed by atoms with Gasteiger partial charge in [-0.2, -0.15) is 0 Å². The topological polar surface area (TPSA) is 79.9 Å². The van der Waals surface area contributed by atoms with Gasteiger partial charge in [-0.25, -0.2) is 4.98 Å². The van der Waals surface area contributed by atoms with Gasteiger partial charge in [-0.3, -0.25) is 15.1 Å². The number of halogens is 1. The van der Waals surface area contributed by atoms with Crippen LogP contribution in [-0.4, -0.2) is 20.9 Å². The number of carbonyl (C=O) groups is 1. The summed E-state index contributed by atoms with van der Waals surface area (Å²) in [7, 11) is 0. The number of aryl methyl sites for hydroxylation is 1. The van der Waals surface area contributed by atoms with Crippen molar-refractivity contribution in [1.82, 2.24) is 15.0 Å². The van der Waals surface area contributed by atoms with Crippen LogP contribution in [0.25, 0.3) is 11.0 Å². The first-order valence-corrected chi connectivity index (χ1v) is 8.61. The van der Waals surface area contributed by atoms with E-state index in [0.717, 1.165) is 11.1 Å². The summed E-state index contributed by atoms with van der Waals surface area (Å²) in [5, 5.41) is 3.39. The number of carbonyl (C=O) groups excluding carboxylic acids is 1. The number of rotatable bonds is 4. The summed E-state index contributed by atoms with van der Waals surface area (Å²) in [5.74, 6) is 1.34. The highest BCUT2D eigenvalue weighted by Crippen LogP contribution is 2.24. The number of H-pyrrole nitrogens is 1. The molecule has 0 spiro atoms. The number of aromatic nitrogens is 3. The Morgan fingerprint density at radius 1 is 1.15 bits per heavy atom. The SMILES string of the molecule is Cc1cc2[nH]c(NC(=O)c3ccc(Oc4cccnc4)cc3)nc2cc1Cl. The van der Waals surface area contributed by atoms with Gasteiger partial charge >= 0.3 is 0 Å². The van der Waals surface area contributed by atoms with Crippen molar-refractivity contribution < 1.29 is 9.53 Å². The second-order valence-electron chi connectivity index (χ2n) is 5.97. The number of pyridine rings is 1. The Balaban J connectivity index is 1.48. The highest BCUT2D eigenvalue weighted by Gasteiger charge is 2.11. The molecule has 0 atom stereocenters. The zero-order chi connectivity index (χ0) is 18.8. The van der Waals surface area contributed by atoms with Crippen molar-refractivity contribution in [3.05, 3.63) is 77.1 Å². The summed E-state index contributed by atoms with van der Waals surface area (Å²) in [6.45, 7) is 1.91. The van der Waals surface area contributed by atoms with Crippen molar-refractivity contribution in [3.63, 3.8) is 0 Å². The van der Waals surface area contributed by atoms with E-state index in [4.69, 9.17) is 16.3 Å². The zero-order valence-corrected chi connectivity index (χ0v) is 15.1. The smallest absolute Gasteiger partial charge is 0.257 e. The van der Waals surface area contributed by atoms with E-state index in [-0.39, 0.29) is 5.91 Å². The summed E-state index contributed by atoms with van der Waals surface area (Å²) in [6, 6.07) is 14.1. The summed E-state index contributed by atoms with van der Waals surface area (Å²) >= 11 is 6.11. The minimum absolute atomic E-state index is 0.273. The molecule has 2 aromatic carbocycles. The maximum absolute atomic E-state index is 12.4. The van der Waals surface area contributed by atoms with Gasteiger partial charge in [0.25, 0.3) is 5.91 Å². The van der Waals surface area contributed by atoms with Crippen molar-refractivity contribution in [2.24, 2.45) is 0 Å². The fourth-order valence-electron chi connectivity index (χ4n) is 2.60. The highest BCUT2D eigenvalue weighted by atomic mass is 35.5. The molecule has 0 aliphatic carbocycles. The third kappa shape index (κ3) is 3.75. The van der Waals surface area contributed by atoms with Crippen LogP contribution in [0.2, 0.25) is 5.02 Å². The van der Waals surface area contributed by atoms with Crippen molar-refractivity contribution in [3.8, 4) is 11.5 Å². The predicted octanol–water partition coefficient (Wildman–Crippen LogP) is 4.96. The van der Waals surface area contributed by atoms with Crippen LogP contribution in [0, 0.1) is 6.92 Å². The molecule has 27 heavy (non-hydrogen) atoms. The third-order valence-corrected chi connectivity index (χ3v) is 4.39. The highest BCUT2D eigenvalue weighted by molar-refractivity contribution is 6.32. The monoisotopic (exact) mass is 378 g/mol. The van der Waals surface area contributed by atoms with Gasteiger partial charge in [0.1, 0.15) is 11.5 Å². The van der Waals surface area contributed by atoms with Crippen LogP contribution in [0.5, 0.6) is 11.5 Å². The predicted molar refractivity (Wildman–Crippen MR) is 105 cm³/mol. The Labute approximate surface area is 160 Å². The largest absolute Gasteiger partial charge is 0.456 e. The molecule has 0 aliphatic rings. The van der Waals surface area contributed by atoms with Gasteiger partial charge in [0.05, 0.1) is 17.2 Å². The molecule has 0 saturated carbocycles. The van der Waals surface area contributed by atoms with E-state index in [1.807, 2.05) is 19.1 Å². The van der Waals surface area contributed by atoms with E-state index in [2.05, 4.69) is 20.3 Å². The van der Waals surface area contributed by atoms with E-state index in [0.29, 0.717) is 33.6 Å². The number of imidazole rings is 1. The standard InChI is InChI=1S/C20H15ClN4O2/c1-12-9-17-18(10-16(12)21)24-20(23-17)25-19(26)13-4-6-14(7-5-13)27-15-3-2-8-22-11-15/h2-11H,1H3,(H2,23,24,25,26). The third-order valence-electron chi connectivity index (χ3n) is 3.98. The molecule has 0 bridgehead atoms. The number of nitrogens with zero attached hydrogens (tertiary/aromatic N) is 2. The molecule has 6 nitrogen and oxygen atoms in total. The molecule has 7 heteroatoms. The van der Waals surface area contributed by atoms with Gasteiger partial charge < -0.3 is 9.72 Å². The van der Waals surface area contributed by atoms with Crippen LogP contribution in [0.3, 0.4) is 0 Å². The van der Waals surface area contributed by atoms with Gasteiger partial charge in [-0.15, -0.1) is 0 Å². The van der Waals surface area contributed by atoms with E-state index < -0.39 is 0 Å². The molecule has 134 valence electrons. The van der Waals surface area contributed by atoms with Crippen molar-refractivity contribution in [2.75, 3.05) is 5.32 Å². The molecule has 1 amide bonds. The lowest BCUT2D eigenvalue weighted by Crippen LogP contribution is -2.12. The molecule has 0 radical (unpaired) electrons. The zero-order valence-electron chi connectivity index (χ0n) is 14.4. The summed E-state index contributed by atoms with van der Waals surface area (Å²) in [4.78, 5) is 23.9. The maximum atomic E-state index is 12.4. The van der Waals surface area contributed by atoms with Gasteiger partial charge in [-0.1, -0.05) is 11.6 Å². The van der Waals surface area contributed by atoms with Gasteiger partial charge in [0.2, 0.25) is 5.95 Å². The molecule has 0 fully saturated rings. The Morgan fingerprint density at radius 3 is 2.70 bits per heavy atom. The van der Waals surface area contributed by atoms with Crippen LogP contribution >= 0.6 is 11.6 Å². The Kier molecular flexibility index (Phi) is 4.48. The number of hydrogen-bond donors (Lipinski definition) is 2. The quantitative estimate of drug-likeness (QED) is 0.525. The number of fused-ring (bicyclic) bond motifs is 1. The van der Waals surface area contributed by atoms with Crippen LogP contribution in [0.4, 0.5) is 5.95 Å². The van der Waals surface area contributed by atoms with Crippen molar-refractivity contribution >= 4 is 34.5 Å². The molecule has 2 aromatic heterocycles. The normalized spacial score (nSPS) is 10.7.